The quantitative estimate of drug-likeness (QED) is 0.355. The maximum absolute atomic E-state index is 13.3. The van der Waals surface area contributed by atoms with Crippen LogP contribution in [0.3, 0.4) is 0 Å². The fourth-order valence-corrected chi connectivity index (χ4v) is 7.54. The Bertz CT molecular complexity index is 1160. The van der Waals surface area contributed by atoms with Gasteiger partial charge in [-0.05, 0) is 75.6 Å². The molecule has 3 aliphatic rings. The summed E-state index contributed by atoms with van der Waals surface area (Å²) < 4.78 is 64.2. The molecule has 13 heteroatoms. The lowest BCUT2D eigenvalue weighted by atomic mass is 9.87. The molecule has 3 N–H and O–H groups in total. The number of nitrogens with one attached hydrogen (secondary N) is 3. The number of carbonyl (C=O) groups is 1. The van der Waals surface area contributed by atoms with Gasteiger partial charge in [-0.2, -0.15) is 0 Å². The van der Waals surface area contributed by atoms with Crippen LogP contribution < -0.4 is 24.8 Å². The molecule has 1 unspecified atom stereocenters. The van der Waals surface area contributed by atoms with Crippen LogP contribution in [0.2, 0.25) is 0 Å². The molecule has 3 heterocycles. The van der Waals surface area contributed by atoms with Crippen molar-refractivity contribution in [2.45, 2.75) is 44.6 Å². The summed E-state index contributed by atoms with van der Waals surface area (Å²) in [5.41, 5.74) is 0.432. The zero-order chi connectivity index (χ0) is 27.2. The molecule has 1 atom stereocenters. The minimum atomic E-state index is -3.44. The van der Waals surface area contributed by atoms with E-state index < -0.39 is 20.0 Å². The number of hydrogen-bond donors (Lipinski definition) is 3. The highest BCUT2D eigenvalue weighted by atomic mass is 32.2. The monoisotopic (exact) mass is 572 g/mol. The number of amides is 1. The number of ether oxygens (including phenoxy) is 2. The summed E-state index contributed by atoms with van der Waals surface area (Å²) in [5.74, 6) is 1.20. The Labute approximate surface area is 226 Å². The van der Waals surface area contributed by atoms with Crippen molar-refractivity contribution in [3.63, 3.8) is 0 Å². The van der Waals surface area contributed by atoms with Crippen molar-refractivity contribution >= 4 is 26.0 Å². The van der Waals surface area contributed by atoms with E-state index in [-0.39, 0.29) is 29.5 Å². The van der Waals surface area contributed by atoms with Gasteiger partial charge < -0.3 is 20.1 Å². The summed E-state index contributed by atoms with van der Waals surface area (Å²) in [6.45, 7) is 3.71. The van der Waals surface area contributed by atoms with Gasteiger partial charge in [-0.1, -0.05) is 6.07 Å². The maximum Gasteiger partial charge on any atom is 0.255 e. The Kier molecular flexibility index (Phi) is 9.90. The van der Waals surface area contributed by atoms with Crippen LogP contribution in [0.4, 0.5) is 0 Å². The molecule has 0 radical (unpaired) electrons. The van der Waals surface area contributed by atoms with Crippen LogP contribution >= 0.6 is 0 Å². The molecule has 1 amide bonds. The summed E-state index contributed by atoms with van der Waals surface area (Å²) in [6, 6.07) is 5.13. The van der Waals surface area contributed by atoms with E-state index in [9.17, 15) is 21.6 Å². The van der Waals surface area contributed by atoms with Gasteiger partial charge in [-0.3, -0.25) is 4.79 Å². The van der Waals surface area contributed by atoms with Crippen LogP contribution in [0, 0.1) is 11.8 Å². The number of fused-ring (bicyclic) bond motifs is 1. The first-order chi connectivity index (χ1) is 18.1. The number of carbonyl (C=O) groups excluding carboxylic acids is 1. The van der Waals surface area contributed by atoms with Gasteiger partial charge in [0.05, 0.1) is 17.6 Å². The zero-order valence-electron chi connectivity index (χ0n) is 22.0. The molecular weight excluding hydrogens is 532 g/mol. The largest absolute Gasteiger partial charge is 0.486 e. The zero-order valence-corrected chi connectivity index (χ0v) is 23.6. The molecule has 0 aromatic heterocycles. The van der Waals surface area contributed by atoms with E-state index >= 15 is 0 Å². The Morgan fingerprint density at radius 3 is 2.50 bits per heavy atom. The van der Waals surface area contributed by atoms with Gasteiger partial charge in [0.2, 0.25) is 20.0 Å². The molecule has 2 saturated heterocycles. The highest BCUT2D eigenvalue weighted by Crippen LogP contribution is 2.34. The number of piperidine rings is 2. The number of nitrogens with zero attached hydrogens (tertiary/aromatic N) is 1. The van der Waals surface area contributed by atoms with E-state index in [1.165, 1.54) is 4.31 Å². The third-order valence-corrected chi connectivity index (χ3v) is 10.2. The molecule has 0 spiro atoms. The van der Waals surface area contributed by atoms with E-state index in [1.807, 2.05) is 0 Å². The van der Waals surface area contributed by atoms with Crippen LogP contribution in [0.5, 0.6) is 11.5 Å². The summed E-state index contributed by atoms with van der Waals surface area (Å²) in [6.07, 6.45) is 5.22. The lowest BCUT2D eigenvalue weighted by Crippen LogP contribution is -2.45. The molecule has 1 aromatic carbocycles. The fraction of sp³-hybridized carbons (Fsp3) is 0.720. The third kappa shape index (κ3) is 8.04. The topological polar surface area (TPSA) is 143 Å². The molecule has 0 saturated carbocycles. The Balaban J connectivity index is 1.33. The van der Waals surface area contributed by atoms with Crippen LogP contribution in [0.1, 0.15) is 48.9 Å². The molecule has 214 valence electrons. The molecule has 4 rings (SSSR count). The Morgan fingerprint density at radius 1 is 1.08 bits per heavy atom. The summed E-state index contributed by atoms with van der Waals surface area (Å²) in [4.78, 5) is 13.3. The lowest BCUT2D eigenvalue weighted by Gasteiger charge is -2.33. The first kappa shape index (κ1) is 29.1. The summed E-state index contributed by atoms with van der Waals surface area (Å²) in [7, 11) is -6.69. The first-order valence-electron chi connectivity index (χ1n) is 13.4. The van der Waals surface area contributed by atoms with Crippen LogP contribution in [-0.4, -0.2) is 91.0 Å². The van der Waals surface area contributed by atoms with E-state index in [0.717, 1.165) is 32.2 Å². The van der Waals surface area contributed by atoms with E-state index in [4.69, 9.17) is 9.47 Å². The van der Waals surface area contributed by atoms with Gasteiger partial charge in [0.15, 0.2) is 11.5 Å². The van der Waals surface area contributed by atoms with Crippen molar-refractivity contribution in [3.8, 4) is 11.5 Å². The number of hydrogen-bond acceptors (Lipinski definition) is 8. The SMILES string of the molecule is CS(=O)(=O)NCC1CCN(S(=O)(=O)CCCC(NC(=O)c2cccc3c2OCCO3)C2CCNCC2)CC1. The maximum atomic E-state index is 13.3. The lowest BCUT2D eigenvalue weighted by molar-refractivity contribution is 0.0900. The molecule has 38 heavy (non-hydrogen) atoms. The van der Waals surface area contributed by atoms with Crippen molar-refractivity contribution in [2.24, 2.45) is 11.8 Å². The Morgan fingerprint density at radius 2 is 1.79 bits per heavy atom. The minimum absolute atomic E-state index is 0.0221. The number of para-hydroxylation sites is 1. The van der Waals surface area contributed by atoms with E-state index in [0.29, 0.717) is 75.6 Å². The Hall–Kier alpha value is -1.93. The van der Waals surface area contributed by atoms with E-state index in [1.54, 1.807) is 18.2 Å². The average molecular weight is 573 g/mol. The molecule has 3 aliphatic heterocycles. The molecule has 2 fully saturated rings. The number of benzene rings is 1. The van der Waals surface area contributed by atoms with Crippen LogP contribution in [0.15, 0.2) is 18.2 Å². The predicted molar refractivity (Wildman–Crippen MR) is 144 cm³/mol. The van der Waals surface area contributed by atoms with Crippen LogP contribution in [0.25, 0.3) is 0 Å². The molecule has 11 nitrogen and oxygen atoms in total. The van der Waals surface area contributed by atoms with Gasteiger partial charge in [0.1, 0.15) is 13.2 Å². The number of rotatable bonds is 11. The van der Waals surface area contributed by atoms with Crippen LogP contribution in [-0.2, 0) is 20.0 Å². The van der Waals surface area contributed by atoms with Gasteiger partial charge in [0, 0.05) is 25.7 Å². The van der Waals surface area contributed by atoms with Crippen molar-refractivity contribution in [1.29, 1.82) is 0 Å². The van der Waals surface area contributed by atoms with Gasteiger partial charge in [-0.25, -0.2) is 25.9 Å². The van der Waals surface area contributed by atoms with Gasteiger partial charge in [0.25, 0.3) is 5.91 Å². The fourth-order valence-electron chi connectivity index (χ4n) is 5.45. The normalized spacial score (nSPS) is 20.7. The highest BCUT2D eigenvalue weighted by molar-refractivity contribution is 7.89. The van der Waals surface area contributed by atoms with Gasteiger partial charge >= 0.3 is 0 Å². The van der Waals surface area contributed by atoms with Crippen molar-refractivity contribution in [3.05, 3.63) is 23.8 Å². The average Bonchev–Trinajstić information content (AvgIpc) is 2.91. The minimum Gasteiger partial charge on any atom is -0.486 e. The second-order valence-electron chi connectivity index (χ2n) is 10.4. The van der Waals surface area contributed by atoms with Crippen molar-refractivity contribution < 1.29 is 31.1 Å². The van der Waals surface area contributed by atoms with Gasteiger partial charge in [-0.15, -0.1) is 0 Å². The predicted octanol–water partition coefficient (Wildman–Crippen LogP) is 0.927. The second kappa shape index (κ2) is 12.9. The van der Waals surface area contributed by atoms with Crippen molar-refractivity contribution in [1.82, 2.24) is 19.7 Å². The summed E-state index contributed by atoms with van der Waals surface area (Å²) >= 11 is 0. The highest BCUT2D eigenvalue weighted by Gasteiger charge is 2.31. The third-order valence-electron chi connectivity index (χ3n) is 7.60. The molecular formula is C25H40N4O7S2. The van der Waals surface area contributed by atoms with Crippen molar-refractivity contribution in [2.75, 3.05) is 57.9 Å². The molecule has 0 bridgehead atoms. The smallest absolute Gasteiger partial charge is 0.255 e. The standard InChI is InChI=1S/C25H40N4O7S2/c1-37(31,32)27-18-19-9-13-29(14-10-19)38(33,34)17-3-5-22(20-7-11-26-12-8-20)28-25(30)21-4-2-6-23-24(21)36-16-15-35-23/h2,4,6,19-20,22,26-27H,3,5,7-18H2,1H3,(H,28,30). The molecule has 1 aromatic rings. The summed E-state index contributed by atoms with van der Waals surface area (Å²) in [5, 5.41) is 6.53. The molecule has 0 aliphatic carbocycles. The second-order valence-corrected chi connectivity index (χ2v) is 14.3. The first-order valence-corrected chi connectivity index (χ1v) is 16.9. The van der Waals surface area contributed by atoms with E-state index in [2.05, 4.69) is 15.4 Å². The number of sulfonamides is 2.